The van der Waals surface area contributed by atoms with Crippen molar-refractivity contribution in [3.8, 4) is 0 Å². The monoisotopic (exact) mass is 119 g/mol. The smallest absolute Gasteiger partial charge is 0.0273 e. The average molecular weight is 119 g/mol. The van der Waals surface area contributed by atoms with Crippen LogP contribution in [0.25, 0.3) is 6.08 Å². The Morgan fingerprint density at radius 2 is 2.11 bits per heavy atom. The summed E-state index contributed by atoms with van der Waals surface area (Å²) in [6.45, 7) is 0.356. The van der Waals surface area contributed by atoms with Gasteiger partial charge in [0.1, 0.15) is 0 Å². The first-order chi connectivity index (χ1) is 4.93. The van der Waals surface area contributed by atoms with Crippen molar-refractivity contribution < 1.29 is 1.37 Å². The third-order valence-corrected chi connectivity index (χ3v) is 1.11. The standard InChI is InChI=1S/C9H10/c1-2-6-9-7-4-3-5-8-9/h2-8H,1H3/i1D. The fourth-order valence-corrected chi connectivity index (χ4v) is 0.700. The molecule has 0 nitrogen and oxygen atoms in total. The highest BCUT2D eigenvalue weighted by atomic mass is 13.8. The first-order valence-electron chi connectivity index (χ1n) is 3.65. The van der Waals surface area contributed by atoms with Crippen LogP contribution in [-0.4, -0.2) is 0 Å². The summed E-state index contributed by atoms with van der Waals surface area (Å²) in [6.07, 6.45) is 3.78. The highest BCUT2D eigenvalue weighted by Crippen LogP contribution is 1.99. The van der Waals surface area contributed by atoms with Crippen LogP contribution in [0.5, 0.6) is 0 Å². The van der Waals surface area contributed by atoms with E-state index in [-0.39, 0.29) is 0 Å². The molecule has 0 N–H and O–H groups in total. The van der Waals surface area contributed by atoms with Crippen molar-refractivity contribution >= 4 is 6.08 Å². The Kier molecular flexibility index (Phi) is 1.64. The minimum absolute atomic E-state index is 0.356. The fourth-order valence-electron chi connectivity index (χ4n) is 0.700. The average Bonchev–Trinajstić information content (AvgIpc) is 2.03. The second-order valence-electron chi connectivity index (χ2n) is 1.81. The van der Waals surface area contributed by atoms with E-state index < -0.39 is 0 Å². The van der Waals surface area contributed by atoms with Gasteiger partial charge in [-0.15, -0.1) is 0 Å². The zero-order valence-corrected chi connectivity index (χ0v) is 5.25. The Balaban J connectivity index is 2.67. The second kappa shape index (κ2) is 3.08. The van der Waals surface area contributed by atoms with Gasteiger partial charge in [0, 0.05) is 1.37 Å². The second-order valence-corrected chi connectivity index (χ2v) is 1.81. The lowest BCUT2D eigenvalue weighted by molar-refractivity contribution is 1.64. The Morgan fingerprint density at radius 1 is 1.33 bits per heavy atom. The minimum Gasteiger partial charge on any atom is -0.0871 e. The van der Waals surface area contributed by atoms with Crippen molar-refractivity contribution in [3.63, 3.8) is 0 Å². The predicted molar refractivity (Wildman–Crippen MR) is 41.2 cm³/mol. The molecule has 0 bridgehead atoms. The molecule has 0 radical (unpaired) electrons. The highest BCUT2D eigenvalue weighted by molar-refractivity contribution is 5.47. The lowest BCUT2D eigenvalue weighted by Gasteiger charge is -1.86. The largest absolute Gasteiger partial charge is 0.0871 e. The molecule has 9 heavy (non-hydrogen) atoms. The van der Waals surface area contributed by atoms with Gasteiger partial charge < -0.3 is 0 Å². The number of allylic oxidation sites excluding steroid dienone is 1. The molecule has 0 spiro atoms. The summed E-state index contributed by atoms with van der Waals surface area (Å²) in [6, 6.07) is 10.0. The molecule has 0 aromatic heterocycles. The molecule has 0 saturated carbocycles. The van der Waals surface area contributed by atoms with Gasteiger partial charge in [-0.3, -0.25) is 0 Å². The topological polar surface area (TPSA) is 0 Å². The molecule has 0 saturated heterocycles. The normalized spacial score (nSPS) is 11.8. The van der Waals surface area contributed by atoms with E-state index in [9.17, 15) is 0 Å². The Morgan fingerprint density at radius 3 is 2.78 bits per heavy atom. The Labute approximate surface area is 57.2 Å². The molecule has 0 fully saturated rings. The zero-order chi connectivity index (χ0) is 7.23. The summed E-state index contributed by atoms with van der Waals surface area (Å²) in [4.78, 5) is 0. The number of hydrogen-bond acceptors (Lipinski definition) is 0. The maximum Gasteiger partial charge on any atom is 0.0273 e. The molecule has 0 heteroatoms. The first kappa shape index (κ1) is 4.80. The van der Waals surface area contributed by atoms with Gasteiger partial charge in [-0.2, -0.15) is 0 Å². The van der Waals surface area contributed by atoms with Gasteiger partial charge >= 0.3 is 0 Å². The molecule has 0 amide bonds. The van der Waals surface area contributed by atoms with Crippen LogP contribution in [0.3, 0.4) is 0 Å². The molecular weight excluding hydrogens is 108 g/mol. The van der Waals surface area contributed by atoms with Gasteiger partial charge in [0.2, 0.25) is 0 Å². The molecule has 46 valence electrons. The molecule has 1 aromatic rings. The summed E-state index contributed by atoms with van der Waals surface area (Å²) >= 11 is 0. The van der Waals surface area contributed by atoms with Crippen molar-refractivity contribution in [3.05, 3.63) is 42.0 Å². The van der Waals surface area contributed by atoms with Crippen LogP contribution >= 0.6 is 0 Å². The zero-order valence-electron chi connectivity index (χ0n) is 6.25. The molecular formula is C9H10. The fraction of sp³-hybridized carbons (Fsp3) is 0.111. The molecule has 0 aliphatic carbocycles. The number of hydrogen-bond donors (Lipinski definition) is 0. The summed E-state index contributed by atoms with van der Waals surface area (Å²) < 4.78 is 6.87. The van der Waals surface area contributed by atoms with E-state index in [0.717, 1.165) is 5.56 Å². The van der Waals surface area contributed by atoms with E-state index in [0.29, 0.717) is 6.90 Å². The first-order valence-corrected chi connectivity index (χ1v) is 2.94. The van der Waals surface area contributed by atoms with Gasteiger partial charge in [0.25, 0.3) is 0 Å². The maximum absolute atomic E-state index is 6.87. The van der Waals surface area contributed by atoms with Crippen LogP contribution in [0, 0.1) is 0 Å². The molecule has 0 aliphatic rings. The molecule has 1 rings (SSSR count). The SMILES string of the molecule is [2H]CC=Cc1ccccc1. The van der Waals surface area contributed by atoms with Crippen LogP contribution in [0.1, 0.15) is 13.8 Å². The van der Waals surface area contributed by atoms with Crippen LogP contribution < -0.4 is 0 Å². The van der Waals surface area contributed by atoms with Gasteiger partial charge in [0.15, 0.2) is 0 Å². The molecule has 0 aliphatic heterocycles. The highest BCUT2D eigenvalue weighted by Gasteiger charge is 1.77. The van der Waals surface area contributed by atoms with E-state index in [1.165, 1.54) is 0 Å². The quantitative estimate of drug-likeness (QED) is 0.533. The van der Waals surface area contributed by atoms with E-state index >= 15 is 0 Å². The summed E-state index contributed by atoms with van der Waals surface area (Å²) in [5.74, 6) is 0. The Hall–Kier alpha value is -1.04. The van der Waals surface area contributed by atoms with Crippen LogP contribution in [0.2, 0.25) is 0 Å². The van der Waals surface area contributed by atoms with Crippen molar-refractivity contribution in [2.75, 3.05) is 0 Å². The van der Waals surface area contributed by atoms with Gasteiger partial charge in [0.05, 0.1) is 0 Å². The summed E-state index contributed by atoms with van der Waals surface area (Å²) in [5, 5.41) is 0. The molecule has 0 atom stereocenters. The maximum atomic E-state index is 6.87. The third kappa shape index (κ3) is 1.73. The molecule has 0 unspecified atom stereocenters. The van der Waals surface area contributed by atoms with E-state index in [2.05, 4.69) is 0 Å². The lowest BCUT2D eigenvalue weighted by atomic mass is 10.2. The van der Waals surface area contributed by atoms with Crippen LogP contribution in [0.15, 0.2) is 36.4 Å². The van der Waals surface area contributed by atoms with Crippen molar-refractivity contribution in [2.45, 2.75) is 6.90 Å². The van der Waals surface area contributed by atoms with Crippen molar-refractivity contribution in [1.29, 1.82) is 0 Å². The number of rotatable bonds is 1. The van der Waals surface area contributed by atoms with Crippen molar-refractivity contribution in [2.24, 2.45) is 0 Å². The minimum atomic E-state index is 0.356. The summed E-state index contributed by atoms with van der Waals surface area (Å²) in [5.41, 5.74) is 1.16. The van der Waals surface area contributed by atoms with E-state index in [1.807, 2.05) is 42.5 Å². The van der Waals surface area contributed by atoms with Crippen molar-refractivity contribution in [1.82, 2.24) is 0 Å². The third-order valence-electron chi connectivity index (χ3n) is 1.11. The Bertz CT molecular complexity index is 201. The van der Waals surface area contributed by atoms with E-state index in [1.54, 1.807) is 0 Å². The molecule has 1 aromatic carbocycles. The van der Waals surface area contributed by atoms with Gasteiger partial charge in [-0.1, -0.05) is 42.5 Å². The lowest BCUT2D eigenvalue weighted by Crippen LogP contribution is -1.65. The van der Waals surface area contributed by atoms with Crippen LogP contribution in [0.4, 0.5) is 0 Å². The van der Waals surface area contributed by atoms with Gasteiger partial charge in [-0.25, -0.2) is 0 Å². The summed E-state index contributed by atoms with van der Waals surface area (Å²) in [7, 11) is 0. The van der Waals surface area contributed by atoms with E-state index in [4.69, 9.17) is 1.37 Å². The molecule has 0 heterocycles. The van der Waals surface area contributed by atoms with Crippen LogP contribution in [-0.2, 0) is 0 Å². The number of benzene rings is 1. The predicted octanol–water partition coefficient (Wildman–Crippen LogP) is 2.72. The van der Waals surface area contributed by atoms with Gasteiger partial charge in [-0.05, 0) is 12.5 Å².